The molecule has 0 aliphatic carbocycles. The van der Waals surface area contributed by atoms with Crippen LogP contribution in [-0.2, 0) is 37.6 Å². The Morgan fingerprint density at radius 1 is 1.37 bits per heavy atom. The topological polar surface area (TPSA) is 82.1 Å². The van der Waals surface area contributed by atoms with E-state index in [4.69, 9.17) is 26.2 Å². The SMILES string of the molecule is CC(C)(C)[S+]([O-])N(COCC[Si](C)(C)C)C1(c2ccc(CC(=O)O)cc2Cl)COC1. The van der Waals surface area contributed by atoms with Crippen molar-refractivity contribution in [1.82, 2.24) is 4.31 Å². The number of carboxylic acid groups (broad SMARTS) is 1. The molecule has 0 spiro atoms. The number of benzene rings is 1. The predicted octanol–water partition coefficient (Wildman–Crippen LogP) is 4.27. The fourth-order valence-electron chi connectivity index (χ4n) is 3.14. The van der Waals surface area contributed by atoms with Gasteiger partial charge in [0.05, 0.1) is 19.6 Å². The molecule has 1 aliphatic rings. The molecule has 1 N–H and O–H groups in total. The molecule has 0 bridgehead atoms. The monoisotopic (exact) mass is 475 g/mol. The highest BCUT2D eigenvalue weighted by Crippen LogP contribution is 2.43. The fraction of sp³-hybridized carbons (Fsp3) is 0.667. The molecule has 0 saturated carbocycles. The molecule has 2 rings (SSSR count). The fourth-order valence-corrected chi connectivity index (χ4v) is 5.62. The highest BCUT2D eigenvalue weighted by molar-refractivity contribution is 7.90. The van der Waals surface area contributed by atoms with E-state index in [1.807, 2.05) is 31.1 Å². The summed E-state index contributed by atoms with van der Waals surface area (Å²) in [5.74, 6) is -0.910. The maximum absolute atomic E-state index is 13.5. The first-order valence-electron chi connectivity index (χ1n) is 10.1. The molecule has 1 fully saturated rings. The summed E-state index contributed by atoms with van der Waals surface area (Å²) < 4.78 is 26.4. The van der Waals surface area contributed by atoms with Gasteiger partial charge in [0.15, 0.2) is 0 Å². The van der Waals surface area contributed by atoms with E-state index in [0.717, 1.165) is 11.6 Å². The first-order chi connectivity index (χ1) is 13.8. The van der Waals surface area contributed by atoms with Crippen LogP contribution in [0.1, 0.15) is 31.9 Å². The van der Waals surface area contributed by atoms with Crippen LogP contribution in [0, 0.1) is 0 Å². The van der Waals surface area contributed by atoms with Gasteiger partial charge in [-0.1, -0.05) is 47.7 Å². The Kier molecular flexibility index (Phi) is 8.46. The van der Waals surface area contributed by atoms with Gasteiger partial charge in [-0.05, 0) is 38.4 Å². The Labute approximate surface area is 189 Å². The van der Waals surface area contributed by atoms with Gasteiger partial charge in [0, 0.05) is 36.6 Å². The molecule has 1 saturated heterocycles. The minimum absolute atomic E-state index is 0.0963. The van der Waals surface area contributed by atoms with Crippen molar-refractivity contribution >= 4 is 37.0 Å². The van der Waals surface area contributed by atoms with Crippen molar-refractivity contribution in [2.45, 2.75) is 63.2 Å². The molecule has 6 nitrogen and oxygen atoms in total. The molecular weight excluding hydrogens is 442 g/mol. The average molecular weight is 476 g/mol. The molecule has 30 heavy (non-hydrogen) atoms. The average Bonchev–Trinajstić information content (AvgIpc) is 2.54. The van der Waals surface area contributed by atoms with Crippen LogP contribution in [0.4, 0.5) is 0 Å². The summed E-state index contributed by atoms with van der Waals surface area (Å²) >= 11 is 5.23. The Balaban J connectivity index is 2.32. The third-order valence-electron chi connectivity index (χ3n) is 4.98. The Hall–Kier alpha value is -0.613. The van der Waals surface area contributed by atoms with Crippen LogP contribution < -0.4 is 0 Å². The Morgan fingerprint density at radius 2 is 2.00 bits per heavy atom. The highest BCUT2D eigenvalue weighted by atomic mass is 35.5. The standard InChI is InChI=1S/C21H34ClNO5SSi/c1-20(2,3)29(26)23(15-27-9-10-30(4,5)6)21(13-28-14-21)17-8-7-16(11-18(17)22)12-19(24)25/h7-8,11H,9-10,12-15H2,1-6H3,(H,24,25). The highest BCUT2D eigenvalue weighted by Gasteiger charge is 2.55. The quantitative estimate of drug-likeness (QED) is 0.235. The van der Waals surface area contributed by atoms with Gasteiger partial charge in [0.1, 0.15) is 17.0 Å². The molecular formula is C21H34ClNO5SSi. The lowest BCUT2D eigenvalue weighted by molar-refractivity contribution is -0.139. The van der Waals surface area contributed by atoms with Crippen molar-refractivity contribution < 1.29 is 23.9 Å². The van der Waals surface area contributed by atoms with Crippen LogP contribution in [0.2, 0.25) is 30.7 Å². The molecule has 1 atom stereocenters. The minimum Gasteiger partial charge on any atom is -0.597 e. The van der Waals surface area contributed by atoms with E-state index in [0.29, 0.717) is 30.4 Å². The van der Waals surface area contributed by atoms with E-state index in [2.05, 4.69) is 19.6 Å². The second-order valence-electron chi connectivity index (χ2n) is 10.00. The summed E-state index contributed by atoms with van der Waals surface area (Å²) in [7, 11) is -1.24. The zero-order valence-electron chi connectivity index (χ0n) is 18.8. The van der Waals surface area contributed by atoms with Gasteiger partial charge in [0.25, 0.3) is 0 Å². The molecule has 1 aromatic carbocycles. The number of carboxylic acids is 1. The van der Waals surface area contributed by atoms with Crippen LogP contribution in [0.5, 0.6) is 0 Å². The van der Waals surface area contributed by atoms with Gasteiger partial charge in [-0.2, -0.15) is 0 Å². The third kappa shape index (κ3) is 6.45. The van der Waals surface area contributed by atoms with Gasteiger partial charge in [-0.3, -0.25) is 4.79 Å². The minimum atomic E-state index is -1.35. The van der Waals surface area contributed by atoms with Crippen LogP contribution in [-0.4, -0.2) is 59.3 Å². The van der Waals surface area contributed by atoms with Gasteiger partial charge in [0.2, 0.25) is 0 Å². The smallest absolute Gasteiger partial charge is 0.307 e. The molecule has 1 heterocycles. The summed E-state index contributed by atoms with van der Waals surface area (Å²) in [5, 5.41) is 9.50. The molecule has 9 heteroatoms. The van der Waals surface area contributed by atoms with E-state index in [1.165, 1.54) is 0 Å². The zero-order chi connectivity index (χ0) is 22.7. The van der Waals surface area contributed by atoms with Crippen molar-refractivity contribution in [2.75, 3.05) is 26.6 Å². The largest absolute Gasteiger partial charge is 0.597 e. The van der Waals surface area contributed by atoms with Gasteiger partial charge in [-0.25, -0.2) is 0 Å². The molecule has 0 radical (unpaired) electrons. The van der Waals surface area contributed by atoms with E-state index in [-0.39, 0.29) is 13.2 Å². The van der Waals surface area contributed by atoms with Crippen molar-refractivity contribution in [3.05, 3.63) is 34.3 Å². The molecule has 0 amide bonds. The van der Waals surface area contributed by atoms with E-state index in [9.17, 15) is 9.35 Å². The summed E-state index contributed by atoms with van der Waals surface area (Å²) in [6.07, 6.45) is -0.0963. The molecule has 1 aliphatic heterocycles. The van der Waals surface area contributed by atoms with Gasteiger partial charge < -0.3 is 19.1 Å². The number of rotatable bonds is 10. The number of halogens is 1. The lowest BCUT2D eigenvalue weighted by atomic mass is 9.87. The van der Waals surface area contributed by atoms with E-state index >= 15 is 0 Å². The number of aliphatic carboxylic acids is 1. The van der Waals surface area contributed by atoms with Crippen LogP contribution in [0.15, 0.2) is 18.2 Å². The van der Waals surface area contributed by atoms with Gasteiger partial charge in [-0.15, -0.1) is 0 Å². The molecule has 170 valence electrons. The van der Waals surface area contributed by atoms with Gasteiger partial charge >= 0.3 is 5.97 Å². The predicted molar refractivity (Wildman–Crippen MR) is 124 cm³/mol. The molecule has 1 unspecified atom stereocenters. The Bertz CT molecular complexity index is 746. The van der Waals surface area contributed by atoms with Crippen molar-refractivity contribution in [3.63, 3.8) is 0 Å². The van der Waals surface area contributed by atoms with E-state index < -0.39 is 35.7 Å². The number of carbonyl (C=O) groups is 1. The summed E-state index contributed by atoms with van der Waals surface area (Å²) in [6.45, 7) is 14.2. The lowest BCUT2D eigenvalue weighted by Gasteiger charge is -2.50. The van der Waals surface area contributed by atoms with Crippen LogP contribution >= 0.6 is 11.6 Å². The van der Waals surface area contributed by atoms with E-state index in [1.54, 1.807) is 12.1 Å². The number of nitrogens with zero attached hydrogens (tertiary/aromatic N) is 1. The maximum Gasteiger partial charge on any atom is 0.307 e. The zero-order valence-corrected chi connectivity index (χ0v) is 21.4. The first kappa shape index (κ1) is 25.6. The lowest BCUT2D eigenvalue weighted by Crippen LogP contribution is -2.64. The summed E-state index contributed by atoms with van der Waals surface area (Å²) in [5.41, 5.74) is 0.744. The van der Waals surface area contributed by atoms with Crippen LogP contribution in [0.3, 0.4) is 0 Å². The van der Waals surface area contributed by atoms with Crippen molar-refractivity contribution in [2.24, 2.45) is 0 Å². The normalized spacial score (nSPS) is 17.6. The van der Waals surface area contributed by atoms with Crippen molar-refractivity contribution in [3.8, 4) is 0 Å². The van der Waals surface area contributed by atoms with Crippen molar-refractivity contribution in [1.29, 1.82) is 0 Å². The summed E-state index contributed by atoms with van der Waals surface area (Å²) in [6, 6.07) is 6.30. The molecule has 1 aromatic rings. The second-order valence-corrected chi connectivity index (χ2v) is 18.2. The first-order valence-corrected chi connectivity index (χ1v) is 15.3. The number of hydrogen-bond acceptors (Lipinski definition) is 5. The number of hydrogen-bond donors (Lipinski definition) is 1. The summed E-state index contributed by atoms with van der Waals surface area (Å²) in [4.78, 5) is 11.0. The second kappa shape index (κ2) is 9.89. The third-order valence-corrected chi connectivity index (χ3v) is 8.90. The van der Waals surface area contributed by atoms with Crippen LogP contribution in [0.25, 0.3) is 0 Å². The number of ether oxygens (including phenoxy) is 2. The molecule has 0 aromatic heterocycles. The maximum atomic E-state index is 13.5. The Morgan fingerprint density at radius 3 is 2.43 bits per heavy atom.